The van der Waals surface area contributed by atoms with Crippen LogP contribution < -0.4 is 0 Å². The van der Waals surface area contributed by atoms with Crippen LogP contribution in [-0.2, 0) is 12.8 Å². The Balaban J connectivity index is 0.000000652. The van der Waals surface area contributed by atoms with Crippen molar-refractivity contribution < 1.29 is 5.11 Å². The molecular formula is C37H54OS. The Bertz CT molecular complexity index is 1080. The van der Waals surface area contributed by atoms with Crippen molar-refractivity contribution in [3.05, 3.63) is 98.8 Å². The average Bonchev–Trinajstić information content (AvgIpc) is 3.24. The van der Waals surface area contributed by atoms with Crippen LogP contribution in [0, 0.1) is 13.8 Å². The Morgan fingerprint density at radius 3 is 1.90 bits per heavy atom. The zero-order valence-electron chi connectivity index (χ0n) is 25.9. The van der Waals surface area contributed by atoms with Gasteiger partial charge in [0, 0.05) is 9.75 Å². The van der Waals surface area contributed by atoms with Gasteiger partial charge in [-0.2, -0.15) is 0 Å². The highest BCUT2D eigenvalue weighted by atomic mass is 32.1. The van der Waals surface area contributed by atoms with Gasteiger partial charge in [-0.25, -0.2) is 0 Å². The normalized spacial score (nSPS) is 10.5. The van der Waals surface area contributed by atoms with Crippen molar-refractivity contribution in [1.29, 1.82) is 0 Å². The van der Waals surface area contributed by atoms with E-state index in [0.29, 0.717) is 0 Å². The van der Waals surface area contributed by atoms with E-state index in [2.05, 4.69) is 91.5 Å². The van der Waals surface area contributed by atoms with Gasteiger partial charge in [0.15, 0.2) is 0 Å². The summed E-state index contributed by atoms with van der Waals surface area (Å²) in [5.74, 6) is 0.287. The number of hydrogen-bond acceptors (Lipinski definition) is 2. The summed E-state index contributed by atoms with van der Waals surface area (Å²) in [6, 6.07) is 16.1. The predicted octanol–water partition coefficient (Wildman–Crippen LogP) is 12.1. The third-order valence-corrected chi connectivity index (χ3v) is 7.58. The van der Waals surface area contributed by atoms with Crippen LogP contribution in [0.3, 0.4) is 0 Å². The second-order valence-corrected chi connectivity index (χ2v) is 11.6. The SMILES string of the molecule is C=C(c1ccc(O)cc1)c1c(C)sc(/C=C/Cc2ccc(C)cc2)c1CCCC.CCC.CCCCCCC. The van der Waals surface area contributed by atoms with E-state index < -0.39 is 0 Å². The summed E-state index contributed by atoms with van der Waals surface area (Å²) in [5, 5.41) is 9.61. The van der Waals surface area contributed by atoms with E-state index in [-0.39, 0.29) is 5.75 Å². The summed E-state index contributed by atoms with van der Waals surface area (Å²) >= 11 is 1.86. The lowest BCUT2D eigenvalue weighted by molar-refractivity contribution is 0.475. The van der Waals surface area contributed by atoms with Gasteiger partial charge >= 0.3 is 0 Å². The maximum Gasteiger partial charge on any atom is 0.115 e. The highest BCUT2D eigenvalue weighted by molar-refractivity contribution is 7.13. The first-order chi connectivity index (χ1) is 18.8. The lowest BCUT2D eigenvalue weighted by atomic mass is 9.93. The molecule has 2 heteroatoms. The standard InChI is InChI=1S/C27H30OS.C7H16.C3H8/c1-5-6-9-25-26(10-7-8-22-13-11-19(2)12-14-22)29-21(4)27(25)20(3)23-15-17-24(28)18-16-23;1-3-5-7-6-4-2;1-3-2/h7,10-18,28H,3,5-6,8-9H2,1-2,4H3;3-7H2,1-2H3;3H2,1-2H3/b10-7+;;. The zero-order chi connectivity index (χ0) is 29.0. The van der Waals surface area contributed by atoms with Crippen molar-refractivity contribution in [2.75, 3.05) is 0 Å². The number of phenolic OH excluding ortho intramolecular Hbond substituents is 1. The molecule has 39 heavy (non-hydrogen) atoms. The number of hydrogen-bond donors (Lipinski definition) is 1. The molecule has 0 spiro atoms. The molecule has 0 unspecified atom stereocenters. The summed E-state index contributed by atoms with van der Waals surface area (Å²) < 4.78 is 0. The first kappa shape index (κ1) is 34.4. The monoisotopic (exact) mass is 546 g/mol. The van der Waals surface area contributed by atoms with Crippen LogP contribution in [0.15, 0.2) is 61.2 Å². The smallest absolute Gasteiger partial charge is 0.115 e. The highest BCUT2D eigenvalue weighted by Crippen LogP contribution is 2.37. The molecule has 214 valence electrons. The molecule has 0 saturated carbocycles. The first-order valence-corrected chi connectivity index (χ1v) is 16.0. The Morgan fingerprint density at radius 1 is 0.795 bits per heavy atom. The van der Waals surface area contributed by atoms with Crippen LogP contribution in [0.25, 0.3) is 11.6 Å². The Kier molecular flexibility index (Phi) is 18.0. The topological polar surface area (TPSA) is 20.2 Å². The molecule has 2 aromatic carbocycles. The fraction of sp³-hybridized carbons (Fsp3) is 0.459. The summed E-state index contributed by atoms with van der Waals surface area (Å²) in [5.41, 5.74) is 7.44. The predicted molar refractivity (Wildman–Crippen MR) is 178 cm³/mol. The first-order valence-electron chi connectivity index (χ1n) is 15.2. The third-order valence-electron chi connectivity index (χ3n) is 6.46. The van der Waals surface area contributed by atoms with Crippen molar-refractivity contribution in [2.45, 2.75) is 113 Å². The van der Waals surface area contributed by atoms with Gasteiger partial charge in [-0.3, -0.25) is 0 Å². The Morgan fingerprint density at radius 2 is 1.36 bits per heavy atom. The van der Waals surface area contributed by atoms with Gasteiger partial charge in [0.25, 0.3) is 0 Å². The van der Waals surface area contributed by atoms with Crippen molar-refractivity contribution in [1.82, 2.24) is 0 Å². The van der Waals surface area contributed by atoms with Gasteiger partial charge in [0.2, 0.25) is 0 Å². The molecule has 0 radical (unpaired) electrons. The van der Waals surface area contributed by atoms with Gasteiger partial charge in [0.05, 0.1) is 0 Å². The minimum atomic E-state index is 0.287. The summed E-state index contributed by atoms with van der Waals surface area (Å²) in [7, 11) is 0. The van der Waals surface area contributed by atoms with Crippen LogP contribution in [0.4, 0.5) is 0 Å². The Hall–Kier alpha value is -2.58. The van der Waals surface area contributed by atoms with E-state index in [1.807, 2.05) is 23.5 Å². The molecule has 1 aromatic heterocycles. The van der Waals surface area contributed by atoms with Crippen LogP contribution in [0.1, 0.15) is 124 Å². The molecule has 3 rings (SSSR count). The number of unbranched alkanes of at least 4 members (excludes halogenated alkanes) is 5. The van der Waals surface area contributed by atoms with E-state index in [9.17, 15) is 5.11 Å². The average molecular weight is 547 g/mol. The number of benzene rings is 2. The number of thiophene rings is 1. The van der Waals surface area contributed by atoms with Crippen molar-refractivity contribution >= 4 is 23.0 Å². The van der Waals surface area contributed by atoms with E-state index in [1.165, 1.54) is 83.4 Å². The van der Waals surface area contributed by atoms with Gasteiger partial charge < -0.3 is 5.11 Å². The van der Waals surface area contributed by atoms with E-state index in [0.717, 1.165) is 24.0 Å². The van der Waals surface area contributed by atoms with E-state index in [4.69, 9.17) is 0 Å². The number of aryl methyl sites for hydroxylation is 2. The summed E-state index contributed by atoms with van der Waals surface area (Å²) in [6.07, 6.45) is 17.2. The number of allylic oxidation sites excluding steroid dienone is 1. The van der Waals surface area contributed by atoms with E-state index >= 15 is 0 Å². The molecule has 0 aliphatic carbocycles. The molecule has 0 bridgehead atoms. The van der Waals surface area contributed by atoms with Gasteiger partial charge in [-0.1, -0.05) is 134 Å². The van der Waals surface area contributed by atoms with E-state index in [1.54, 1.807) is 12.1 Å². The van der Waals surface area contributed by atoms with Gasteiger partial charge in [-0.15, -0.1) is 11.3 Å². The van der Waals surface area contributed by atoms with Crippen molar-refractivity contribution in [3.8, 4) is 5.75 Å². The maximum atomic E-state index is 9.61. The summed E-state index contributed by atoms with van der Waals surface area (Å²) in [6.45, 7) is 19.7. The number of rotatable bonds is 12. The lowest BCUT2D eigenvalue weighted by Gasteiger charge is -2.11. The van der Waals surface area contributed by atoms with Crippen LogP contribution >= 0.6 is 11.3 Å². The molecular weight excluding hydrogens is 492 g/mol. The lowest BCUT2D eigenvalue weighted by Crippen LogP contribution is -1.94. The fourth-order valence-electron chi connectivity index (χ4n) is 4.25. The van der Waals surface area contributed by atoms with Crippen molar-refractivity contribution in [3.63, 3.8) is 0 Å². The third kappa shape index (κ3) is 12.9. The maximum absolute atomic E-state index is 9.61. The largest absolute Gasteiger partial charge is 0.508 e. The molecule has 0 aliphatic rings. The molecule has 0 aliphatic heterocycles. The molecule has 1 nitrogen and oxygen atoms in total. The second kappa shape index (κ2) is 20.3. The minimum absolute atomic E-state index is 0.287. The zero-order valence-corrected chi connectivity index (χ0v) is 26.7. The van der Waals surface area contributed by atoms with Crippen molar-refractivity contribution in [2.24, 2.45) is 0 Å². The number of phenols is 1. The van der Waals surface area contributed by atoms with Gasteiger partial charge in [0.1, 0.15) is 5.75 Å². The molecule has 0 amide bonds. The molecule has 0 fully saturated rings. The minimum Gasteiger partial charge on any atom is -0.508 e. The quantitative estimate of drug-likeness (QED) is 0.224. The Labute approximate surface area is 244 Å². The number of aromatic hydroxyl groups is 1. The van der Waals surface area contributed by atoms with Crippen LogP contribution in [0.5, 0.6) is 5.75 Å². The molecule has 0 saturated heterocycles. The van der Waals surface area contributed by atoms with Crippen LogP contribution in [-0.4, -0.2) is 5.11 Å². The highest BCUT2D eigenvalue weighted by Gasteiger charge is 2.17. The molecule has 0 atom stereocenters. The fourth-order valence-corrected chi connectivity index (χ4v) is 5.42. The second-order valence-electron chi connectivity index (χ2n) is 10.4. The molecule has 3 aromatic rings. The van der Waals surface area contributed by atoms with Crippen LogP contribution in [0.2, 0.25) is 0 Å². The molecule has 1 heterocycles. The summed E-state index contributed by atoms with van der Waals surface area (Å²) in [4.78, 5) is 2.65. The van der Waals surface area contributed by atoms with Gasteiger partial charge in [-0.05, 0) is 79.1 Å². The molecule has 1 N–H and O–H groups in total.